The van der Waals surface area contributed by atoms with Crippen molar-refractivity contribution < 1.29 is 0 Å². The number of rotatable bonds is 0. The van der Waals surface area contributed by atoms with E-state index in [1.807, 2.05) is 0 Å². The molecular formula is C19H16. The second-order valence-electron chi connectivity index (χ2n) is 5.53. The molecule has 2 unspecified atom stereocenters. The van der Waals surface area contributed by atoms with Gasteiger partial charge in [0.2, 0.25) is 0 Å². The van der Waals surface area contributed by atoms with Gasteiger partial charge in [0.1, 0.15) is 0 Å². The molecule has 0 fully saturated rings. The Labute approximate surface area is 113 Å². The molecule has 4 rings (SSSR count). The van der Waals surface area contributed by atoms with Crippen LogP contribution in [0.3, 0.4) is 0 Å². The predicted molar refractivity (Wildman–Crippen MR) is 82.2 cm³/mol. The number of hydrogen-bond acceptors (Lipinski definition) is 0. The van der Waals surface area contributed by atoms with Gasteiger partial charge in [0, 0.05) is 11.8 Å². The molecule has 2 aliphatic carbocycles. The quantitative estimate of drug-likeness (QED) is 0.611. The lowest BCUT2D eigenvalue weighted by Gasteiger charge is -2.28. The van der Waals surface area contributed by atoms with Crippen molar-refractivity contribution in [1.29, 1.82) is 0 Å². The van der Waals surface area contributed by atoms with E-state index in [2.05, 4.69) is 73.7 Å². The largest absolute Gasteiger partial charge is 0.0767 e. The number of hydrogen-bond donors (Lipinski definition) is 0. The second-order valence-corrected chi connectivity index (χ2v) is 5.53. The Morgan fingerprint density at radius 2 is 1.79 bits per heavy atom. The van der Waals surface area contributed by atoms with Crippen LogP contribution in [0.2, 0.25) is 0 Å². The van der Waals surface area contributed by atoms with Crippen molar-refractivity contribution in [2.45, 2.75) is 12.8 Å². The molecule has 19 heavy (non-hydrogen) atoms. The SMILES string of the molecule is Cc1ccc2c3c(ccc2c1)C=CC1C=CC=CC31. The second kappa shape index (κ2) is 3.96. The van der Waals surface area contributed by atoms with Crippen molar-refractivity contribution in [3.63, 3.8) is 0 Å². The highest BCUT2D eigenvalue weighted by Crippen LogP contribution is 2.41. The van der Waals surface area contributed by atoms with Crippen LogP contribution in [0.5, 0.6) is 0 Å². The average Bonchev–Trinajstić information content (AvgIpc) is 2.46. The highest BCUT2D eigenvalue weighted by atomic mass is 14.3. The molecule has 0 radical (unpaired) electrons. The Bertz CT molecular complexity index is 744. The van der Waals surface area contributed by atoms with Gasteiger partial charge in [-0.3, -0.25) is 0 Å². The standard InChI is InChI=1S/C19H16/c1-13-6-11-18-16(12-13)10-9-15-8-7-14-4-2-3-5-17(14)19(15)18/h2-12,14,17H,1H3. The van der Waals surface area contributed by atoms with Crippen molar-refractivity contribution in [3.8, 4) is 0 Å². The van der Waals surface area contributed by atoms with E-state index >= 15 is 0 Å². The fraction of sp³-hybridized carbons (Fsp3) is 0.158. The molecule has 0 spiro atoms. The van der Waals surface area contributed by atoms with Gasteiger partial charge in [0.05, 0.1) is 0 Å². The Kier molecular flexibility index (Phi) is 2.25. The molecule has 0 amide bonds. The Hall–Kier alpha value is -2.08. The molecule has 92 valence electrons. The van der Waals surface area contributed by atoms with E-state index in [0.717, 1.165) is 0 Å². The highest BCUT2D eigenvalue weighted by molar-refractivity contribution is 5.91. The van der Waals surface area contributed by atoms with Crippen molar-refractivity contribution in [2.75, 3.05) is 0 Å². The molecule has 0 aromatic heterocycles. The van der Waals surface area contributed by atoms with Crippen molar-refractivity contribution in [3.05, 3.63) is 77.4 Å². The van der Waals surface area contributed by atoms with E-state index in [1.54, 1.807) is 0 Å². The van der Waals surface area contributed by atoms with Crippen molar-refractivity contribution in [1.82, 2.24) is 0 Å². The number of fused-ring (bicyclic) bond motifs is 5. The van der Waals surface area contributed by atoms with Gasteiger partial charge in [0.15, 0.2) is 0 Å². The normalized spacial score (nSPS) is 23.4. The average molecular weight is 244 g/mol. The first-order valence-corrected chi connectivity index (χ1v) is 6.89. The maximum absolute atomic E-state index is 2.34. The summed E-state index contributed by atoms with van der Waals surface area (Å²) in [5.41, 5.74) is 4.19. The third kappa shape index (κ3) is 1.60. The smallest absolute Gasteiger partial charge is 0.0131 e. The molecule has 0 heterocycles. The number of allylic oxidation sites excluding steroid dienone is 5. The molecule has 0 saturated carbocycles. The summed E-state index contributed by atoms with van der Waals surface area (Å²) >= 11 is 0. The van der Waals surface area contributed by atoms with Gasteiger partial charge in [-0.25, -0.2) is 0 Å². The third-order valence-electron chi connectivity index (χ3n) is 4.26. The lowest BCUT2D eigenvalue weighted by molar-refractivity contribution is 0.697. The van der Waals surface area contributed by atoms with Gasteiger partial charge in [-0.05, 0) is 28.8 Å². The Morgan fingerprint density at radius 3 is 2.74 bits per heavy atom. The van der Waals surface area contributed by atoms with Crippen LogP contribution in [0.15, 0.2) is 60.7 Å². The molecule has 0 aliphatic heterocycles. The summed E-state index contributed by atoms with van der Waals surface area (Å²) in [6.07, 6.45) is 13.6. The third-order valence-corrected chi connectivity index (χ3v) is 4.26. The maximum Gasteiger partial charge on any atom is 0.0131 e. The zero-order chi connectivity index (χ0) is 12.8. The van der Waals surface area contributed by atoms with Gasteiger partial charge in [-0.1, -0.05) is 72.4 Å². The van der Waals surface area contributed by atoms with Crippen molar-refractivity contribution in [2.24, 2.45) is 5.92 Å². The van der Waals surface area contributed by atoms with E-state index in [9.17, 15) is 0 Å². The van der Waals surface area contributed by atoms with Crippen LogP contribution < -0.4 is 0 Å². The van der Waals surface area contributed by atoms with E-state index in [1.165, 1.54) is 27.5 Å². The molecule has 0 nitrogen and oxygen atoms in total. The maximum atomic E-state index is 2.34. The van der Waals surface area contributed by atoms with Gasteiger partial charge in [-0.2, -0.15) is 0 Å². The van der Waals surface area contributed by atoms with Gasteiger partial charge in [0.25, 0.3) is 0 Å². The van der Waals surface area contributed by atoms with Gasteiger partial charge < -0.3 is 0 Å². The minimum Gasteiger partial charge on any atom is -0.0767 e. The molecule has 0 saturated heterocycles. The van der Waals surface area contributed by atoms with E-state index < -0.39 is 0 Å². The first-order valence-electron chi connectivity index (χ1n) is 6.89. The summed E-state index contributed by atoms with van der Waals surface area (Å²) in [5.74, 6) is 1.01. The molecular weight excluding hydrogens is 228 g/mol. The Balaban J connectivity index is 2.04. The summed E-state index contributed by atoms with van der Waals surface area (Å²) in [6.45, 7) is 2.16. The van der Waals surface area contributed by atoms with E-state index in [-0.39, 0.29) is 0 Å². The highest BCUT2D eigenvalue weighted by Gasteiger charge is 2.25. The van der Waals surface area contributed by atoms with Crippen molar-refractivity contribution >= 4 is 16.8 Å². The van der Waals surface area contributed by atoms with E-state index in [4.69, 9.17) is 0 Å². The first kappa shape index (κ1) is 10.8. The summed E-state index contributed by atoms with van der Waals surface area (Å²) in [4.78, 5) is 0. The van der Waals surface area contributed by atoms with Crippen LogP contribution in [0.4, 0.5) is 0 Å². The van der Waals surface area contributed by atoms with Crippen LogP contribution in [-0.2, 0) is 0 Å². The van der Waals surface area contributed by atoms with Crippen LogP contribution in [0, 0.1) is 12.8 Å². The van der Waals surface area contributed by atoms with Crippen LogP contribution in [0.25, 0.3) is 16.8 Å². The molecule has 2 aromatic carbocycles. The monoisotopic (exact) mass is 244 g/mol. The van der Waals surface area contributed by atoms with Crippen LogP contribution in [-0.4, -0.2) is 0 Å². The minimum absolute atomic E-state index is 0.497. The lowest BCUT2D eigenvalue weighted by Crippen LogP contribution is -2.13. The molecule has 0 N–H and O–H groups in total. The predicted octanol–water partition coefficient (Wildman–Crippen LogP) is 5.00. The van der Waals surface area contributed by atoms with Gasteiger partial charge >= 0.3 is 0 Å². The topological polar surface area (TPSA) is 0 Å². The summed E-state index contributed by atoms with van der Waals surface area (Å²) in [5, 5.41) is 2.76. The summed E-state index contributed by atoms with van der Waals surface area (Å²) in [6, 6.07) is 11.3. The van der Waals surface area contributed by atoms with Crippen LogP contribution >= 0.6 is 0 Å². The lowest BCUT2D eigenvalue weighted by atomic mass is 9.75. The molecule has 2 aliphatic rings. The fourth-order valence-electron chi connectivity index (χ4n) is 3.32. The van der Waals surface area contributed by atoms with Gasteiger partial charge in [-0.15, -0.1) is 0 Å². The summed E-state index contributed by atoms with van der Waals surface area (Å²) < 4.78 is 0. The first-order chi connectivity index (χ1) is 9.33. The Morgan fingerprint density at radius 1 is 0.895 bits per heavy atom. The van der Waals surface area contributed by atoms with E-state index in [0.29, 0.717) is 11.8 Å². The fourth-order valence-corrected chi connectivity index (χ4v) is 3.32. The minimum atomic E-state index is 0.497. The molecule has 2 atom stereocenters. The molecule has 0 heteroatoms. The zero-order valence-corrected chi connectivity index (χ0v) is 11.0. The number of benzene rings is 2. The zero-order valence-electron chi connectivity index (χ0n) is 11.0. The summed E-state index contributed by atoms with van der Waals surface area (Å²) in [7, 11) is 0. The van der Waals surface area contributed by atoms with Crippen LogP contribution in [0.1, 0.15) is 22.6 Å². The molecule has 2 aromatic rings. The molecule has 0 bridgehead atoms. The number of aryl methyl sites for hydroxylation is 1.